The van der Waals surface area contributed by atoms with Gasteiger partial charge < -0.3 is 25.6 Å². The largest absolute Gasteiger partial charge is 0.416 e. The molecule has 1 aliphatic heterocycles. The molecule has 0 aliphatic carbocycles. The average molecular weight is 601 g/mol. The maximum absolute atomic E-state index is 14.6. The fourth-order valence-electron chi connectivity index (χ4n) is 5.19. The van der Waals surface area contributed by atoms with Gasteiger partial charge in [0.15, 0.2) is 11.4 Å². The number of aliphatic hydroxyl groups excluding tert-OH is 1. The molecule has 3 atom stereocenters. The summed E-state index contributed by atoms with van der Waals surface area (Å²) in [6.45, 7) is 3.04. The van der Waals surface area contributed by atoms with Gasteiger partial charge in [0.2, 0.25) is 11.8 Å². The number of anilines is 1. The Morgan fingerprint density at radius 3 is 2.65 bits per heavy atom. The fourth-order valence-corrected chi connectivity index (χ4v) is 5.19. The normalized spacial score (nSPS) is 18.7. The van der Waals surface area contributed by atoms with E-state index in [0.29, 0.717) is 10.9 Å². The lowest BCUT2D eigenvalue weighted by molar-refractivity contribution is -0.137. The third-order valence-electron chi connectivity index (χ3n) is 7.25. The van der Waals surface area contributed by atoms with Crippen molar-refractivity contribution in [1.82, 2.24) is 19.8 Å². The van der Waals surface area contributed by atoms with E-state index in [2.05, 4.69) is 15.6 Å². The number of nitrogens with one attached hydrogen (secondary N) is 1. The Bertz CT molecular complexity index is 1760. The van der Waals surface area contributed by atoms with E-state index in [-0.39, 0.29) is 42.0 Å². The highest BCUT2D eigenvalue weighted by Gasteiger charge is 2.40. The van der Waals surface area contributed by atoms with Crippen LogP contribution in [-0.2, 0) is 22.3 Å². The van der Waals surface area contributed by atoms with Crippen LogP contribution in [0.1, 0.15) is 43.3 Å². The van der Waals surface area contributed by atoms with Crippen LogP contribution in [0.15, 0.2) is 59.1 Å². The maximum atomic E-state index is 14.6. The summed E-state index contributed by atoms with van der Waals surface area (Å²) >= 11 is 0. The zero-order chi connectivity index (χ0) is 31.1. The number of nitrogens with two attached hydrogens (primary N) is 1. The van der Waals surface area contributed by atoms with Gasteiger partial charge in [-0.05, 0) is 55.3 Å². The number of benzene rings is 2. The number of carbonyl (C=O) groups excluding carboxylic acids is 2. The van der Waals surface area contributed by atoms with Crippen molar-refractivity contribution in [2.45, 2.75) is 51.4 Å². The molecule has 10 nitrogen and oxygen atoms in total. The second-order valence-electron chi connectivity index (χ2n) is 10.1. The molecule has 0 saturated carbocycles. The summed E-state index contributed by atoms with van der Waals surface area (Å²) in [4.78, 5) is 27.7. The van der Waals surface area contributed by atoms with Crippen LogP contribution in [-0.4, -0.2) is 55.5 Å². The summed E-state index contributed by atoms with van der Waals surface area (Å²) in [6.07, 6.45) is -2.10. The molecule has 0 spiro atoms. The highest BCUT2D eigenvalue weighted by molar-refractivity contribution is 6.02. The number of amides is 2. The molecule has 5 rings (SSSR count). The quantitative estimate of drug-likeness (QED) is 0.159. The van der Waals surface area contributed by atoms with E-state index in [1.807, 2.05) is 38.1 Å². The predicted octanol–water partition coefficient (Wildman–Crippen LogP) is 4.70. The van der Waals surface area contributed by atoms with Gasteiger partial charge in [-0.15, -0.1) is 0 Å². The molecular weight excluding hydrogens is 572 g/mol. The summed E-state index contributed by atoms with van der Waals surface area (Å²) in [5, 5.41) is 21.2. The SMILES string of the molecule is C/C=C\C(=C/C)c1ccc2c(c1)c(C(N)O)nn2CC(=O)N1CC(F)CC1C(=O)Nc1noc2cc(C(F)(F)F)ccc12. The zero-order valence-corrected chi connectivity index (χ0v) is 23.1. The van der Waals surface area contributed by atoms with Crippen molar-refractivity contribution in [3.8, 4) is 0 Å². The Labute approximate surface area is 242 Å². The van der Waals surface area contributed by atoms with Gasteiger partial charge in [-0.3, -0.25) is 14.3 Å². The van der Waals surface area contributed by atoms with Crippen LogP contribution in [0.3, 0.4) is 0 Å². The second kappa shape index (κ2) is 11.6. The van der Waals surface area contributed by atoms with Gasteiger partial charge in [0, 0.05) is 11.8 Å². The highest BCUT2D eigenvalue weighted by atomic mass is 19.4. The molecule has 0 bridgehead atoms. The van der Waals surface area contributed by atoms with E-state index in [1.54, 1.807) is 12.1 Å². The summed E-state index contributed by atoms with van der Waals surface area (Å²) in [5.74, 6) is -1.55. The van der Waals surface area contributed by atoms with Gasteiger partial charge in [-0.25, -0.2) is 4.39 Å². The zero-order valence-electron chi connectivity index (χ0n) is 23.1. The van der Waals surface area contributed by atoms with Gasteiger partial charge >= 0.3 is 6.18 Å². The molecule has 43 heavy (non-hydrogen) atoms. The first kappa shape index (κ1) is 29.9. The Morgan fingerprint density at radius 1 is 1.21 bits per heavy atom. The van der Waals surface area contributed by atoms with Gasteiger partial charge in [0.05, 0.1) is 23.0 Å². The molecule has 1 fully saturated rings. The van der Waals surface area contributed by atoms with Crippen LogP contribution in [0.4, 0.5) is 23.4 Å². The molecule has 2 amide bonds. The first-order valence-electron chi connectivity index (χ1n) is 13.4. The van der Waals surface area contributed by atoms with Crippen LogP contribution in [0.2, 0.25) is 0 Å². The number of alkyl halides is 4. The second-order valence-corrected chi connectivity index (χ2v) is 10.1. The van der Waals surface area contributed by atoms with Crippen molar-refractivity contribution in [1.29, 1.82) is 0 Å². The van der Waals surface area contributed by atoms with E-state index in [1.165, 1.54) is 4.68 Å². The minimum atomic E-state index is -4.60. The van der Waals surface area contributed by atoms with Crippen LogP contribution in [0, 0.1) is 0 Å². The summed E-state index contributed by atoms with van der Waals surface area (Å²) < 4.78 is 60.0. The molecule has 14 heteroatoms. The van der Waals surface area contributed by atoms with Crippen molar-refractivity contribution in [2.75, 3.05) is 11.9 Å². The number of carbonyl (C=O) groups is 2. The van der Waals surface area contributed by atoms with Gasteiger partial charge in [0.25, 0.3) is 0 Å². The van der Waals surface area contributed by atoms with E-state index in [0.717, 1.165) is 34.2 Å². The number of hydrogen-bond donors (Lipinski definition) is 3. The lowest BCUT2D eigenvalue weighted by Crippen LogP contribution is -2.44. The molecule has 3 unspecified atom stereocenters. The minimum absolute atomic E-state index is 0.111. The van der Waals surface area contributed by atoms with Crippen LogP contribution in [0.5, 0.6) is 0 Å². The van der Waals surface area contributed by atoms with Crippen LogP contribution in [0.25, 0.3) is 27.4 Å². The number of aliphatic hydroxyl groups is 1. The van der Waals surface area contributed by atoms with E-state index >= 15 is 0 Å². The van der Waals surface area contributed by atoms with Crippen LogP contribution < -0.4 is 11.1 Å². The van der Waals surface area contributed by atoms with Crippen molar-refractivity contribution in [2.24, 2.45) is 5.73 Å². The van der Waals surface area contributed by atoms with Gasteiger partial charge in [0.1, 0.15) is 30.7 Å². The predicted molar refractivity (Wildman–Crippen MR) is 150 cm³/mol. The summed E-state index contributed by atoms with van der Waals surface area (Å²) in [6, 6.07) is 6.82. The molecule has 2 aromatic carbocycles. The molecule has 226 valence electrons. The monoisotopic (exact) mass is 600 g/mol. The summed E-state index contributed by atoms with van der Waals surface area (Å²) in [5.41, 5.74) is 7.01. The topological polar surface area (TPSA) is 140 Å². The molecule has 2 aromatic heterocycles. The molecule has 1 saturated heterocycles. The lowest BCUT2D eigenvalue weighted by atomic mass is 10.0. The van der Waals surface area contributed by atoms with Crippen molar-refractivity contribution in [3.63, 3.8) is 0 Å². The number of allylic oxidation sites excluding steroid dienone is 4. The number of hydrogen-bond acceptors (Lipinski definition) is 7. The molecule has 3 heterocycles. The molecular formula is C29H28F4N6O4. The Hall–Kier alpha value is -4.56. The van der Waals surface area contributed by atoms with Gasteiger partial charge in [-0.2, -0.15) is 18.3 Å². The first-order chi connectivity index (χ1) is 20.4. The van der Waals surface area contributed by atoms with Crippen LogP contribution >= 0.6 is 0 Å². The smallest absolute Gasteiger partial charge is 0.373 e. The molecule has 4 aromatic rings. The number of nitrogens with zero attached hydrogens (tertiary/aromatic N) is 4. The van der Waals surface area contributed by atoms with Crippen molar-refractivity contribution in [3.05, 3.63) is 71.4 Å². The van der Waals surface area contributed by atoms with Gasteiger partial charge in [-0.1, -0.05) is 29.5 Å². The Balaban J connectivity index is 1.38. The van der Waals surface area contributed by atoms with E-state index in [9.17, 15) is 32.3 Å². The average Bonchev–Trinajstić information content (AvgIpc) is 3.66. The third kappa shape index (κ3) is 5.88. The van der Waals surface area contributed by atoms with E-state index < -0.39 is 42.0 Å². The summed E-state index contributed by atoms with van der Waals surface area (Å²) in [7, 11) is 0. The highest BCUT2D eigenvalue weighted by Crippen LogP contribution is 2.34. The number of aromatic nitrogens is 3. The minimum Gasteiger partial charge on any atom is -0.373 e. The number of rotatable bonds is 7. The van der Waals surface area contributed by atoms with Crippen molar-refractivity contribution < 1.29 is 36.8 Å². The van der Waals surface area contributed by atoms with Crippen molar-refractivity contribution >= 4 is 45.1 Å². The van der Waals surface area contributed by atoms with E-state index in [4.69, 9.17) is 10.3 Å². The standard InChI is InChI=1S/C29H28F4N6O4/c1-3-5-15(4-2)16-6-9-21-20(10-16)25(26(34)41)36-39(21)14-24(40)38-13-18(30)12-22(38)28(42)35-27-19-8-7-17(29(31,32)33)11-23(19)43-37-27/h3-11,18,22,26,41H,12-14,34H2,1-2H3,(H,35,37,42)/b5-3-,15-4+. The first-order valence-corrected chi connectivity index (χ1v) is 13.4. The number of fused-ring (bicyclic) bond motifs is 2. The Morgan fingerprint density at radius 2 is 1.98 bits per heavy atom. The fraction of sp³-hybridized carbons (Fsp3) is 0.310. The Kier molecular flexibility index (Phi) is 8.08. The maximum Gasteiger partial charge on any atom is 0.416 e. The number of likely N-dealkylation sites (tertiary alicyclic amines) is 1. The molecule has 1 aliphatic rings. The molecule has 0 radical (unpaired) electrons. The third-order valence-corrected chi connectivity index (χ3v) is 7.25. The number of halogens is 4. The lowest BCUT2D eigenvalue weighted by Gasteiger charge is -2.23. The molecule has 4 N–H and O–H groups in total.